The molecule has 0 saturated heterocycles. The van der Waals surface area contributed by atoms with E-state index in [1.54, 1.807) is 59.6 Å². The van der Waals surface area contributed by atoms with Crippen LogP contribution in [0.4, 0.5) is 0 Å². The number of ether oxygens (including phenoxy) is 1. The van der Waals surface area contributed by atoms with Crippen molar-refractivity contribution >= 4 is 46.2 Å². The van der Waals surface area contributed by atoms with E-state index in [1.807, 2.05) is 25.3 Å². The molecule has 12 heteroatoms. The fourth-order valence-electron chi connectivity index (χ4n) is 5.87. The van der Waals surface area contributed by atoms with Gasteiger partial charge < -0.3 is 4.74 Å². The molecule has 226 valence electrons. The largest absolute Gasteiger partial charge is 0.376 e. The number of amides is 2. The molecule has 0 radical (unpaired) electrons. The minimum absolute atomic E-state index is 0.132. The van der Waals surface area contributed by atoms with Crippen LogP contribution in [-0.2, 0) is 11.3 Å². The Morgan fingerprint density at radius 1 is 0.933 bits per heavy atom. The molecule has 1 fully saturated rings. The quantitative estimate of drug-likeness (QED) is 0.124. The molecule has 0 spiro atoms. The Balaban J connectivity index is 1.11. The van der Waals surface area contributed by atoms with Gasteiger partial charge in [0, 0.05) is 45.5 Å². The van der Waals surface area contributed by atoms with Gasteiger partial charge in [-0.3, -0.25) is 28.8 Å². The third-order valence-corrected chi connectivity index (χ3v) is 9.10. The molecule has 5 aromatic rings. The molecule has 0 atom stereocenters. The van der Waals surface area contributed by atoms with Gasteiger partial charge >= 0.3 is 0 Å². The average Bonchev–Trinajstić information content (AvgIpc) is 3.28. The van der Waals surface area contributed by atoms with Crippen molar-refractivity contribution in [1.29, 1.82) is 0 Å². The lowest BCUT2D eigenvalue weighted by Crippen LogP contribution is -2.50. The summed E-state index contributed by atoms with van der Waals surface area (Å²) in [5, 5.41) is 1.65. The molecule has 10 nitrogen and oxygen atoms in total. The van der Waals surface area contributed by atoms with Crippen LogP contribution < -0.4 is 5.56 Å². The van der Waals surface area contributed by atoms with E-state index in [1.165, 1.54) is 16.7 Å². The third kappa shape index (κ3) is 5.30. The molecule has 4 heterocycles. The van der Waals surface area contributed by atoms with Gasteiger partial charge in [-0.25, -0.2) is 15.0 Å². The maximum Gasteiger partial charge on any atom is 0.261 e. The molecule has 1 aliphatic carbocycles. The lowest BCUT2D eigenvalue weighted by atomic mass is 9.88. The number of carbonyl (C=O) groups is 2. The number of aromatic nitrogens is 5. The summed E-state index contributed by atoms with van der Waals surface area (Å²) in [6.45, 7) is 2.36. The number of carbonyl (C=O) groups excluding carboxylic acids is 2. The molecular weight excluding hydrogens is 612 g/mol. The highest BCUT2D eigenvalue weighted by Crippen LogP contribution is 2.35. The minimum Gasteiger partial charge on any atom is -0.376 e. The number of imide groups is 1. The van der Waals surface area contributed by atoms with E-state index < -0.39 is 0 Å². The fraction of sp³-hybridized carbons (Fsp3) is 0.242. The lowest BCUT2D eigenvalue weighted by molar-refractivity contribution is -0.0401. The van der Waals surface area contributed by atoms with E-state index in [-0.39, 0.29) is 42.7 Å². The van der Waals surface area contributed by atoms with Gasteiger partial charge in [-0.2, -0.15) is 0 Å². The van der Waals surface area contributed by atoms with Crippen molar-refractivity contribution in [2.45, 2.75) is 43.6 Å². The third-order valence-electron chi connectivity index (χ3n) is 8.23. The van der Waals surface area contributed by atoms with Crippen molar-refractivity contribution in [2.24, 2.45) is 0 Å². The van der Waals surface area contributed by atoms with E-state index in [2.05, 4.69) is 19.9 Å². The monoisotopic (exact) mass is 638 g/mol. The van der Waals surface area contributed by atoms with Crippen LogP contribution >= 0.6 is 23.4 Å². The van der Waals surface area contributed by atoms with Gasteiger partial charge in [-0.1, -0.05) is 47.6 Å². The highest BCUT2D eigenvalue weighted by atomic mass is 35.5. The topological polar surface area (TPSA) is 120 Å². The minimum atomic E-state index is -0.253. The molecule has 0 N–H and O–H groups in total. The first kappa shape index (κ1) is 29.3. The highest BCUT2D eigenvalue weighted by molar-refractivity contribution is 7.98. The zero-order valence-corrected chi connectivity index (χ0v) is 26.0. The van der Waals surface area contributed by atoms with Crippen LogP contribution in [-0.4, -0.2) is 66.2 Å². The van der Waals surface area contributed by atoms with E-state index >= 15 is 0 Å². The first-order valence-electron chi connectivity index (χ1n) is 14.4. The van der Waals surface area contributed by atoms with Crippen LogP contribution in [0.1, 0.15) is 39.3 Å². The lowest BCUT2D eigenvalue weighted by Gasteiger charge is -2.39. The molecule has 7 rings (SSSR count). The molecule has 1 aliphatic heterocycles. The normalized spacial score (nSPS) is 17.5. The molecule has 1 saturated carbocycles. The van der Waals surface area contributed by atoms with E-state index in [0.717, 1.165) is 11.3 Å². The number of aryl methyl sites for hydroxylation is 1. The molecular formula is C33H27ClN6O4S. The smallest absolute Gasteiger partial charge is 0.261 e. The predicted molar refractivity (Wildman–Crippen MR) is 171 cm³/mol. The predicted octanol–water partition coefficient (Wildman–Crippen LogP) is 5.44. The van der Waals surface area contributed by atoms with Crippen LogP contribution in [0.25, 0.3) is 33.4 Å². The van der Waals surface area contributed by atoms with E-state index in [9.17, 15) is 14.4 Å². The van der Waals surface area contributed by atoms with Crippen molar-refractivity contribution in [1.82, 2.24) is 29.4 Å². The highest BCUT2D eigenvalue weighted by Gasteiger charge is 2.45. The maximum atomic E-state index is 14.0. The summed E-state index contributed by atoms with van der Waals surface area (Å²) in [5.74, 6) is -0.506. The molecule has 2 amide bonds. The second-order valence-corrected chi connectivity index (χ2v) is 12.2. The van der Waals surface area contributed by atoms with Crippen molar-refractivity contribution in [2.75, 3.05) is 12.9 Å². The zero-order chi connectivity index (χ0) is 31.2. The Kier molecular flexibility index (Phi) is 7.68. The van der Waals surface area contributed by atoms with Crippen molar-refractivity contribution in [3.63, 3.8) is 0 Å². The fourth-order valence-corrected chi connectivity index (χ4v) is 6.49. The number of pyridine rings is 1. The molecule has 2 aliphatic rings. The Labute approximate surface area is 267 Å². The van der Waals surface area contributed by atoms with Gasteiger partial charge in [0.15, 0.2) is 5.16 Å². The number of fused-ring (bicyclic) bond motifs is 2. The summed E-state index contributed by atoms with van der Waals surface area (Å²) in [5.41, 5.74) is 4.43. The second-order valence-electron chi connectivity index (χ2n) is 11.0. The first-order chi connectivity index (χ1) is 21.8. The van der Waals surface area contributed by atoms with Crippen molar-refractivity contribution in [3.05, 3.63) is 99.3 Å². The van der Waals surface area contributed by atoms with Gasteiger partial charge in [0.2, 0.25) is 0 Å². The number of halogens is 1. The molecule has 0 unspecified atom stereocenters. The maximum absolute atomic E-state index is 14.0. The number of thioether (sulfide) groups is 1. The molecule has 45 heavy (non-hydrogen) atoms. The number of nitrogens with zero attached hydrogens (tertiary/aromatic N) is 6. The summed E-state index contributed by atoms with van der Waals surface area (Å²) in [6, 6.07) is 13.9. The number of benzene rings is 2. The number of hydrogen-bond donors (Lipinski definition) is 0. The summed E-state index contributed by atoms with van der Waals surface area (Å²) < 4.78 is 7.73. The van der Waals surface area contributed by atoms with Crippen molar-refractivity contribution in [3.8, 4) is 22.4 Å². The summed E-state index contributed by atoms with van der Waals surface area (Å²) in [6.07, 6.45) is 7.91. The summed E-state index contributed by atoms with van der Waals surface area (Å²) in [4.78, 5) is 58.8. The Morgan fingerprint density at radius 3 is 2.38 bits per heavy atom. The molecule has 3 aromatic heterocycles. The first-order valence-corrected chi connectivity index (χ1v) is 16.0. The van der Waals surface area contributed by atoms with Gasteiger partial charge in [0.25, 0.3) is 17.4 Å². The SMILES string of the molecule is CSc1ncc2cc(-c3ccc(-c4cncc(C)n4)cc3Cl)c(=O)n(CCOC3CC(N4C(=O)c5ccccc5C4=O)C3)c2n1. The standard InChI is InChI=1S/C33H27ClN6O4S/c1-18-15-35-17-28(37-18)19-7-8-23(27(34)12-19)26-11-20-16-36-33(45-2)38-29(20)39(30(26)41)9-10-44-22-13-21(14-22)40-31(42)24-5-3-4-6-25(24)32(40)43/h3-8,11-12,15-17,21-22H,9-10,13-14H2,1-2H3. The number of rotatable bonds is 8. The van der Waals surface area contributed by atoms with Crippen LogP contribution in [0.3, 0.4) is 0 Å². The summed E-state index contributed by atoms with van der Waals surface area (Å²) in [7, 11) is 0. The van der Waals surface area contributed by atoms with Crippen LogP contribution in [0, 0.1) is 6.92 Å². The van der Waals surface area contributed by atoms with Gasteiger partial charge in [0.05, 0.1) is 48.0 Å². The number of hydrogen-bond acceptors (Lipinski definition) is 9. The van der Waals surface area contributed by atoms with Crippen molar-refractivity contribution < 1.29 is 14.3 Å². The van der Waals surface area contributed by atoms with Crippen LogP contribution in [0.5, 0.6) is 0 Å². The zero-order valence-electron chi connectivity index (χ0n) is 24.4. The van der Waals surface area contributed by atoms with Gasteiger partial charge in [-0.05, 0) is 50.3 Å². The van der Waals surface area contributed by atoms with Gasteiger partial charge in [0.1, 0.15) is 5.65 Å². The summed E-state index contributed by atoms with van der Waals surface area (Å²) >= 11 is 8.15. The van der Waals surface area contributed by atoms with Gasteiger partial charge in [-0.15, -0.1) is 0 Å². The van der Waals surface area contributed by atoms with Crippen LogP contribution in [0.15, 0.2) is 77.1 Å². The van der Waals surface area contributed by atoms with E-state index in [4.69, 9.17) is 16.3 Å². The molecule has 2 aromatic carbocycles. The second kappa shape index (κ2) is 11.8. The Bertz CT molecular complexity index is 2030. The average molecular weight is 639 g/mol. The Morgan fingerprint density at radius 2 is 1.69 bits per heavy atom. The van der Waals surface area contributed by atoms with E-state index in [0.29, 0.717) is 62.0 Å². The Hall–Kier alpha value is -4.45. The molecule has 0 bridgehead atoms. The van der Waals surface area contributed by atoms with Crippen LogP contribution in [0.2, 0.25) is 5.02 Å².